The van der Waals surface area contributed by atoms with Crippen LogP contribution in [0, 0.1) is 0 Å². The fraction of sp³-hybridized carbons (Fsp3) is 0.462. The first-order valence-corrected chi connectivity index (χ1v) is 7.58. The number of benzene rings is 1. The molecule has 1 aliphatic rings. The quantitative estimate of drug-likeness (QED) is 0.897. The fourth-order valence-corrected chi connectivity index (χ4v) is 3.26. The molecule has 98 valence electrons. The van der Waals surface area contributed by atoms with E-state index in [4.69, 9.17) is 0 Å². The largest absolute Gasteiger partial charge is 0.299 e. The Kier molecular flexibility index (Phi) is 3.82. The Morgan fingerprint density at radius 2 is 1.89 bits per heavy atom. The third-order valence-corrected chi connectivity index (χ3v) is 4.54. The van der Waals surface area contributed by atoms with Gasteiger partial charge in [0.25, 0.3) is 0 Å². The SMILES string of the molecule is CC(=O)CNS(=O)(=O)c1ccc2c(c1)CCCC2. The van der Waals surface area contributed by atoms with Crippen molar-refractivity contribution in [3.8, 4) is 0 Å². The first-order chi connectivity index (χ1) is 8.49. The van der Waals surface area contributed by atoms with Gasteiger partial charge in [0.1, 0.15) is 5.78 Å². The molecule has 0 atom stereocenters. The number of carbonyl (C=O) groups is 1. The van der Waals surface area contributed by atoms with Crippen LogP contribution in [0.1, 0.15) is 30.9 Å². The van der Waals surface area contributed by atoms with Crippen LogP contribution in [0.15, 0.2) is 23.1 Å². The molecule has 18 heavy (non-hydrogen) atoms. The minimum atomic E-state index is -3.56. The lowest BCUT2D eigenvalue weighted by molar-refractivity contribution is -0.115. The van der Waals surface area contributed by atoms with Gasteiger partial charge in [0.15, 0.2) is 0 Å². The number of ketones is 1. The summed E-state index contributed by atoms with van der Waals surface area (Å²) in [7, 11) is -3.56. The molecule has 1 N–H and O–H groups in total. The number of nitrogens with one attached hydrogen (secondary N) is 1. The molecule has 0 fully saturated rings. The van der Waals surface area contributed by atoms with E-state index in [1.165, 1.54) is 18.9 Å². The highest BCUT2D eigenvalue weighted by molar-refractivity contribution is 7.89. The number of fused-ring (bicyclic) bond motifs is 1. The van der Waals surface area contributed by atoms with E-state index in [0.717, 1.165) is 24.8 Å². The van der Waals surface area contributed by atoms with E-state index in [1.54, 1.807) is 12.1 Å². The summed E-state index contributed by atoms with van der Waals surface area (Å²) in [5.74, 6) is -0.198. The number of hydrogen-bond acceptors (Lipinski definition) is 3. The molecule has 0 unspecified atom stereocenters. The van der Waals surface area contributed by atoms with E-state index in [0.29, 0.717) is 0 Å². The van der Waals surface area contributed by atoms with Gasteiger partial charge in [0.05, 0.1) is 11.4 Å². The van der Waals surface area contributed by atoms with Gasteiger partial charge in [-0.3, -0.25) is 4.79 Å². The van der Waals surface area contributed by atoms with Gasteiger partial charge in [-0.2, -0.15) is 0 Å². The number of carbonyl (C=O) groups excluding carboxylic acids is 1. The lowest BCUT2D eigenvalue weighted by Gasteiger charge is -2.16. The standard InChI is InChI=1S/C13H17NO3S/c1-10(15)9-14-18(16,17)13-7-6-11-4-2-3-5-12(11)8-13/h6-8,14H,2-5,9H2,1H3. The molecule has 0 radical (unpaired) electrons. The Morgan fingerprint density at radius 1 is 1.22 bits per heavy atom. The third-order valence-electron chi connectivity index (χ3n) is 3.14. The molecule has 0 saturated carbocycles. The molecule has 2 rings (SSSR count). The number of aryl methyl sites for hydroxylation is 2. The number of hydrogen-bond donors (Lipinski definition) is 1. The molecular formula is C13H17NO3S. The summed E-state index contributed by atoms with van der Waals surface area (Å²) < 4.78 is 26.2. The van der Waals surface area contributed by atoms with Crippen molar-refractivity contribution in [3.63, 3.8) is 0 Å². The van der Waals surface area contributed by atoms with Crippen LogP contribution in [0.4, 0.5) is 0 Å². The average molecular weight is 267 g/mol. The van der Waals surface area contributed by atoms with Crippen molar-refractivity contribution in [2.24, 2.45) is 0 Å². The Balaban J connectivity index is 2.25. The van der Waals surface area contributed by atoms with E-state index in [9.17, 15) is 13.2 Å². The molecule has 0 amide bonds. The van der Waals surface area contributed by atoms with Crippen LogP contribution in [0.3, 0.4) is 0 Å². The van der Waals surface area contributed by atoms with Crippen LogP contribution >= 0.6 is 0 Å². The third kappa shape index (κ3) is 2.97. The van der Waals surface area contributed by atoms with E-state index in [1.807, 2.05) is 6.07 Å². The molecule has 0 aliphatic heterocycles. The Labute approximate surface area is 107 Å². The molecular weight excluding hydrogens is 250 g/mol. The zero-order chi connectivity index (χ0) is 13.2. The predicted octanol–water partition coefficient (Wildman–Crippen LogP) is 1.43. The molecule has 1 aliphatic carbocycles. The second kappa shape index (κ2) is 5.20. The Hall–Kier alpha value is -1.20. The second-order valence-electron chi connectivity index (χ2n) is 4.66. The van der Waals surface area contributed by atoms with Gasteiger partial charge < -0.3 is 0 Å². The number of Topliss-reactive ketones (excluding diaryl/α,β-unsaturated/α-hetero) is 1. The van der Waals surface area contributed by atoms with Gasteiger partial charge in [0, 0.05) is 0 Å². The summed E-state index contributed by atoms with van der Waals surface area (Å²) in [5.41, 5.74) is 2.36. The normalized spacial score (nSPS) is 15.2. The molecule has 1 aromatic carbocycles. The summed E-state index contributed by atoms with van der Waals surface area (Å²) in [5, 5.41) is 0. The van der Waals surface area contributed by atoms with E-state index in [-0.39, 0.29) is 17.2 Å². The zero-order valence-electron chi connectivity index (χ0n) is 10.4. The first-order valence-electron chi connectivity index (χ1n) is 6.10. The molecule has 1 aromatic rings. The lowest BCUT2D eigenvalue weighted by Crippen LogP contribution is -2.28. The van der Waals surface area contributed by atoms with Crippen molar-refractivity contribution in [3.05, 3.63) is 29.3 Å². The zero-order valence-corrected chi connectivity index (χ0v) is 11.2. The van der Waals surface area contributed by atoms with Gasteiger partial charge >= 0.3 is 0 Å². The molecule has 5 heteroatoms. The van der Waals surface area contributed by atoms with Crippen LogP contribution in [0.25, 0.3) is 0 Å². The predicted molar refractivity (Wildman–Crippen MR) is 69.0 cm³/mol. The monoisotopic (exact) mass is 267 g/mol. The number of sulfonamides is 1. The highest BCUT2D eigenvalue weighted by atomic mass is 32.2. The minimum Gasteiger partial charge on any atom is -0.299 e. The first kappa shape index (κ1) is 13.2. The van der Waals surface area contributed by atoms with Crippen molar-refractivity contribution in [2.75, 3.05) is 6.54 Å². The smallest absolute Gasteiger partial charge is 0.240 e. The fourth-order valence-electron chi connectivity index (χ4n) is 2.16. The van der Waals surface area contributed by atoms with Crippen LogP contribution in [-0.2, 0) is 27.7 Å². The van der Waals surface area contributed by atoms with Crippen LogP contribution in [-0.4, -0.2) is 20.7 Å². The Morgan fingerprint density at radius 3 is 2.56 bits per heavy atom. The van der Waals surface area contributed by atoms with Gasteiger partial charge in [0.2, 0.25) is 10.0 Å². The summed E-state index contributed by atoms with van der Waals surface area (Å²) >= 11 is 0. The molecule has 0 bridgehead atoms. The highest BCUT2D eigenvalue weighted by Gasteiger charge is 2.17. The van der Waals surface area contributed by atoms with E-state index in [2.05, 4.69) is 4.72 Å². The van der Waals surface area contributed by atoms with Gasteiger partial charge in [-0.1, -0.05) is 6.07 Å². The van der Waals surface area contributed by atoms with Crippen molar-refractivity contribution in [1.29, 1.82) is 0 Å². The van der Waals surface area contributed by atoms with Crippen molar-refractivity contribution >= 4 is 15.8 Å². The maximum Gasteiger partial charge on any atom is 0.240 e. The summed E-state index contributed by atoms with van der Waals surface area (Å²) in [6, 6.07) is 5.24. The maximum atomic E-state index is 12.0. The number of rotatable bonds is 4. The topological polar surface area (TPSA) is 63.2 Å². The molecule has 0 heterocycles. The molecule has 0 spiro atoms. The van der Waals surface area contributed by atoms with Crippen molar-refractivity contribution < 1.29 is 13.2 Å². The molecule has 4 nitrogen and oxygen atoms in total. The summed E-state index contributed by atoms with van der Waals surface area (Å²) in [6.45, 7) is 1.20. The maximum absolute atomic E-state index is 12.0. The lowest BCUT2D eigenvalue weighted by atomic mass is 9.92. The van der Waals surface area contributed by atoms with E-state index >= 15 is 0 Å². The molecule has 0 saturated heterocycles. The summed E-state index contributed by atoms with van der Waals surface area (Å²) in [4.78, 5) is 11.1. The van der Waals surface area contributed by atoms with Crippen LogP contribution in [0.2, 0.25) is 0 Å². The Bertz CT molecular complexity index is 564. The highest BCUT2D eigenvalue weighted by Crippen LogP contribution is 2.23. The van der Waals surface area contributed by atoms with Gasteiger partial charge in [-0.15, -0.1) is 0 Å². The van der Waals surface area contributed by atoms with E-state index < -0.39 is 10.0 Å². The summed E-state index contributed by atoms with van der Waals surface area (Å²) in [6.07, 6.45) is 4.24. The average Bonchev–Trinajstić information content (AvgIpc) is 2.36. The van der Waals surface area contributed by atoms with Crippen molar-refractivity contribution in [2.45, 2.75) is 37.5 Å². The van der Waals surface area contributed by atoms with Crippen LogP contribution in [0.5, 0.6) is 0 Å². The van der Waals surface area contributed by atoms with Gasteiger partial charge in [-0.25, -0.2) is 13.1 Å². The van der Waals surface area contributed by atoms with Crippen LogP contribution < -0.4 is 4.72 Å². The minimum absolute atomic E-state index is 0.153. The van der Waals surface area contributed by atoms with Gasteiger partial charge in [-0.05, 0) is 55.9 Å². The second-order valence-corrected chi connectivity index (χ2v) is 6.43. The molecule has 0 aromatic heterocycles. The van der Waals surface area contributed by atoms with Crippen molar-refractivity contribution in [1.82, 2.24) is 4.72 Å².